The van der Waals surface area contributed by atoms with Crippen molar-refractivity contribution in [2.75, 3.05) is 6.54 Å². The summed E-state index contributed by atoms with van der Waals surface area (Å²) in [7, 11) is 0. The molecule has 2 aromatic heterocycles. The second kappa shape index (κ2) is 5.83. The van der Waals surface area contributed by atoms with Gasteiger partial charge in [-0.1, -0.05) is 18.2 Å². The molecular formula is C18H18N4O. The SMILES string of the molecule is O=C(NCCc1cnc2ccccc2c1)c1cn[nH]c1C1CC1. The summed E-state index contributed by atoms with van der Waals surface area (Å²) in [6.45, 7) is 0.591. The Morgan fingerprint density at radius 3 is 3.00 bits per heavy atom. The van der Waals surface area contributed by atoms with Crippen LogP contribution in [0.4, 0.5) is 0 Å². The highest BCUT2D eigenvalue weighted by molar-refractivity contribution is 5.95. The number of amides is 1. The van der Waals surface area contributed by atoms with E-state index in [1.165, 1.54) is 0 Å². The van der Waals surface area contributed by atoms with Crippen molar-refractivity contribution in [3.05, 3.63) is 59.5 Å². The largest absolute Gasteiger partial charge is 0.352 e. The van der Waals surface area contributed by atoms with E-state index in [1.807, 2.05) is 24.4 Å². The van der Waals surface area contributed by atoms with E-state index in [2.05, 4.69) is 32.6 Å². The van der Waals surface area contributed by atoms with Crippen molar-refractivity contribution in [3.63, 3.8) is 0 Å². The predicted octanol–water partition coefficient (Wildman–Crippen LogP) is 2.81. The van der Waals surface area contributed by atoms with Crippen molar-refractivity contribution in [3.8, 4) is 0 Å². The predicted molar refractivity (Wildman–Crippen MR) is 88.3 cm³/mol. The number of nitrogens with one attached hydrogen (secondary N) is 2. The zero-order valence-corrected chi connectivity index (χ0v) is 12.7. The number of H-pyrrole nitrogens is 1. The molecule has 0 bridgehead atoms. The molecule has 0 aliphatic heterocycles. The van der Waals surface area contributed by atoms with Crippen molar-refractivity contribution in [1.29, 1.82) is 0 Å². The van der Waals surface area contributed by atoms with Gasteiger partial charge < -0.3 is 5.32 Å². The number of carbonyl (C=O) groups excluding carboxylic acids is 1. The summed E-state index contributed by atoms with van der Waals surface area (Å²) in [6, 6.07) is 10.2. The minimum absolute atomic E-state index is 0.0469. The molecule has 1 saturated carbocycles. The van der Waals surface area contributed by atoms with Gasteiger partial charge in [-0.05, 0) is 37.0 Å². The van der Waals surface area contributed by atoms with Crippen molar-refractivity contribution in [1.82, 2.24) is 20.5 Å². The molecule has 0 unspecified atom stereocenters. The van der Waals surface area contributed by atoms with E-state index in [0.717, 1.165) is 41.4 Å². The quantitative estimate of drug-likeness (QED) is 0.761. The number of benzene rings is 1. The van der Waals surface area contributed by atoms with Gasteiger partial charge in [-0.15, -0.1) is 0 Å². The summed E-state index contributed by atoms with van der Waals surface area (Å²) in [5.74, 6) is 0.442. The first-order valence-electron chi connectivity index (χ1n) is 7.96. The van der Waals surface area contributed by atoms with E-state index < -0.39 is 0 Å². The summed E-state index contributed by atoms with van der Waals surface area (Å²) >= 11 is 0. The van der Waals surface area contributed by atoms with Crippen LogP contribution in [0.25, 0.3) is 10.9 Å². The maximum atomic E-state index is 12.3. The van der Waals surface area contributed by atoms with Crippen molar-refractivity contribution in [2.45, 2.75) is 25.2 Å². The van der Waals surface area contributed by atoms with Crippen LogP contribution in [0.2, 0.25) is 0 Å². The average molecular weight is 306 g/mol. The maximum Gasteiger partial charge on any atom is 0.254 e. The molecule has 3 aromatic rings. The van der Waals surface area contributed by atoms with Gasteiger partial charge in [0, 0.05) is 24.0 Å². The molecule has 0 atom stereocenters. The topological polar surface area (TPSA) is 70.7 Å². The van der Waals surface area contributed by atoms with Crippen LogP contribution in [-0.2, 0) is 6.42 Å². The molecule has 2 N–H and O–H groups in total. The minimum Gasteiger partial charge on any atom is -0.352 e. The highest BCUT2D eigenvalue weighted by Gasteiger charge is 2.29. The molecular weight excluding hydrogens is 288 g/mol. The number of aromatic amines is 1. The lowest BCUT2D eigenvalue weighted by Crippen LogP contribution is -2.26. The first-order chi connectivity index (χ1) is 11.3. The Bertz CT molecular complexity index is 851. The molecule has 0 spiro atoms. The number of carbonyl (C=O) groups is 1. The van der Waals surface area contributed by atoms with Gasteiger partial charge in [0.15, 0.2) is 0 Å². The molecule has 0 radical (unpaired) electrons. The fraction of sp³-hybridized carbons (Fsp3) is 0.278. The number of para-hydroxylation sites is 1. The van der Waals surface area contributed by atoms with Crippen molar-refractivity contribution >= 4 is 16.8 Å². The lowest BCUT2D eigenvalue weighted by Gasteiger charge is -2.06. The van der Waals surface area contributed by atoms with Crippen LogP contribution in [0.15, 0.2) is 42.7 Å². The Labute approximate surface area is 134 Å². The number of nitrogens with zero attached hydrogens (tertiary/aromatic N) is 2. The zero-order chi connectivity index (χ0) is 15.6. The summed E-state index contributed by atoms with van der Waals surface area (Å²) in [6.07, 6.45) is 6.55. The molecule has 1 aromatic carbocycles. The van der Waals surface area contributed by atoms with E-state index in [9.17, 15) is 4.79 Å². The van der Waals surface area contributed by atoms with E-state index in [-0.39, 0.29) is 5.91 Å². The number of rotatable bonds is 5. The molecule has 23 heavy (non-hydrogen) atoms. The third kappa shape index (κ3) is 2.95. The first-order valence-corrected chi connectivity index (χ1v) is 7.96. The lowest BCUT2D eigenvalue weighted by atomic mass is 10.1. The van der Waals surface area contributed by atoms with Gasteiger partial charge in [0.05, 0.1) is 23.0 Å². The van der Waals surface area contributed by atoms with Crippen molar-refractivity contribution in [2.24, 2.45) is 0 Å². The Morgan fingerprint density at radius 1 is 1.26 bits per heavy atom. The number of hydrogen-bond acceptors (Lipinski definition) is 3. The van der Waals surface area contributed by atoms with Crippen LogP contribution in [0.3, 0.4) is 0 Å². The van der Waals surface area contributed by atoms with Gasteiger partial charge in [-0.2, -0.15) is 5.10 Å². The van der Waals surface area contributed by atoms with Gasteiger partial charge in [-0.25, -0.2) is 0 Å². The van der Waals surface area contributed by atoms with Crippen LogP contribution in [0.5, 0.6) is 0 Å². The smallest absolute Gasteiger partial charge is 0.254 e. The molecule has 1 aliphatic carbocycles. The number of fused-ring (bicyclic) bond motifs is 1. The fourth-order valence-corrected chi connectivity index (χ4v) is 2.83. The van der Waals surface area contributed by atoms with Crippen LogP contribution >= 0.6 is 0 Å². The van der Waals surface area contributed by atoms with Crippen LogP contribution in [-0.4, -0.2) is 27.6 Å². The third-order valence-electron chi connectivity index (χ3n) is 4.25. The van der Waals surface area contributed by atoms with Gasteiger partial charge in [0.2, 0.25) is 0 Å². The van der Waals surface area contributed by atoms with E-state index >= 15 is 0 Å². The molecule has 116 valence electrons. The highest BCUT2D eigenvalue weighted by atomic mass is 16.1. The van der Waals surface area contributed by atoms with Crippen LogP contribution in [0, 0.1) is 0 Å². The van der Waals surface area contributed by atoms with E-state index in [0.29, 0.717) is 18.0 Å². The van der Waals surface area contributed by atoms with Crippen LogP contribution in [0.1, 0.15) is 40.4 Å². The van der Waals surface area contributed by atoms with Gasteiger partial charge in [-0.3, -0.25) is 14.9 Å². The molecule has 1 amide bonds. The van der Waals surface area contributed by atoms with Gasteiger partial charge >= 0.3 is 0 Å². The molecule has 2 heterocycles. The van der Waals surface area contributed by atoms with Crippen LogP contribution < -0.4 is 5.32 Å². The first kappa shape index (κ1) is 13.9. The summed E-state index contributed by atoms with van der Waals surface area (Å²) < 4.78 is 0. The average Bonchev–Trinajstić information content (AvgIpc) is 3.31. The second-order valence-electron chi connectivity index (χ2n) is 6.01. The molecule has 1 aliphatic rings. The minimum atomic E-state index is -0.0469. The summed E-state index contributed by atoms with van der Waals surface area (Å²) in [4.78, 5) is 16.7. The lowest BCUT2D eigenvalue weighted by molar-refractivity contribution is 0.0953. The summed E-state index contributed by atoms with van der Waals surface area (Å²) in [5.41, 5.74) is 3.78. The molecule has 0 saturated heterocycles. The standard InChI is InChI=1S/C18H18N4O/c23-18(15-11-21-22-17(15)13-5-6-13)19-8-7-12-9-14-3-1-2-4-16(14)20-10-12/h1-4,9-11,13H,5-8H2,(H,19,23)(H,21,22). The highest BCUT2D eigenvalue weighted by Crippen LogP contribution is 2.40. The van der Waals surface area contributed by atoms with Gasteiger partial charge in [0.1, 0.15) is 0 Å². The monoisotopic (exact) mass is 306 g/mol. The third-order valence-corrected chi connectivity index (χ3v) is 4.25. The molecule has 4 rings (SSSR count). The van der Waals surface area contributed by atoms with E-state index in [4.69, 9.17) is 0 Å². The Morgan fingerprint density at radius 2 is 2.13 bits per heavy atom. The molecule has 5 heteroatoms. The zero-order valence-electron chi connectivity index (χ0n) is 12.7. The number of hydrogen-bond donors (Lipinski definition) is 2. The maximum absolute atomic E-state index is 12.3. The normalized spacial score (nSPS) is 14.1. The Balaban J connectivity index is 1.38. The summed E-state index contributed by atoms with van der Waals surface area (Å²) in [5, 5.41) is 11.1. The number of pyridine rings is 1. The number of aromatic nitrogens is 3. The Kier molecular flexibility index (Phi) is 3.54. The van der Waals surface area contributed by atoms with Gasteiger partial charge in [0.25, 0.3) is 5.91 Å². The molecule has 1 fully saturated rings. The fourth-order valence-electron chi connectivity index (χ4n) is 2.83. The van der Waals surface area contributed by atoms with E-state index in [1.54, 1.807) is 6.20 Å². The second-order valence-corrected chi connectivity index (χ2v) is 6.01. The Hall–Kier alpha value is -2.69. The van der Waals surface area contributed by atoms with Crippen molar-refractivity contribution < 1.29 is 4.79 Å². The molecule has 5 nitrogen and oxygen atoms in total.